The van der Waals surface area contributed by atoms with Gasteiger partial charge in [-0.25, -0.2) is 0 Å². The summed E-state index contributed by atoms with van der Waals surface area (Å²) in [5, 5.41) is 13.4. The Kier molecular flexibility index (Phi) is 6.36. The van der Waals surface area contributed by atoms with E-state index in [2.05, 4.69) is 29.1 Å². The van der Waals surface area contributed by atoms with Crippen molar-refractivity contribution in [3.05, 3.63) is 0 Å². The minimum Gasteiger partial charge on any atom is -0.391 e. The molecule has 1 saturated heterocycles. The van der Waals surface area contributed by atoms with Crippen molar-refractivity contribution in [2.45, 2.75) is 64.2 Å². The molecule has 2 saturated carbocycles. The average Bonchev–Trinajstić information content (AvgIpc) is 2.81. The molecule has 22 heavy (non-hydrogen) atoms. The first-order valence-electron chi connectivity index (χ1n) is 8.55. The highest BCUT2D eigenvalue weighted by atomic mass is 127. The molecule has 128 valence electrons. The number of ether oxygens (including phenoxy) is 1. The second kappa shape index (κ2) is 7.66. The van der Waals surface area contributed by atoms with Gasteiger partial charge in [-0.3, -0.25) is 4.99 Å². The highest BCUT2D eigenvalue weighted by molar-refractivity contribution is 14.0. The highest BCUT2D eigenvalue weighted by Crippen LogP contribution is 2.57. The average molecular weight is 423 g/mol. The van der Waals surface area contributed by atoms with Gasteiger partial charge in [0, 0.05) is 37.7 Å². The van der Waals surface area contributed by atoms with E-state index in [1.165, 1.54) is 19.3 Å². The first-order valence-corrected chi connectivity index (χ1v) is 8.55. The first-order chi connectivity index (χ1) is 10.2. The van der Waals surface area contributed by atoms with Crippen LogP contribution in [0.5, 0.6) is 0 Å². The zero-order valence-electron chi connectivity index (χ0n) is 13.8. The van der Waals surface area contributed by atoms with Crippen LogP contribution >= 0.6 is 24.0 Å². The molecule has 3 rings (SSSR count). The second-order valence-corrected chi connectivity index (χ2v) is 6.65. The number of guanidine groups is 1. The van der Waals surface area contributed by atoms with Gasteiger partial charge in [-0.1, -0.05) is 6.42 Å². The Labute approximate surface area is 150 Å². The molecular formula is C16H30IN3O2. The third kappa shape index (κ3) is 3.24. The van der Waals surface area contributed by atoms with Gasteiger partial charge in [0.1, 0.15) is 0 Å². The summed E-state index contributed by atoms with van der Waals surface area (Å²) in [6.07, 6.45) is 6.04. The molecule has 0 radical (unpaired) electrons. The number of likely N-dealkylation sites (tertiary alicyclic amines) is 1. The van der Waals surface area contributed by atoms with Gasteiger partial charge in [0.25, 0.3) is 0 Å². The lowest BCUT2D eigenvalue weighted by atomic mass is 9.51. The fourth-order valence-electron chi connectivity index (χ4n) is 4.12. The molecule has 3 atom stereocenters. The Morgan fingerprint density at radius 2 is 2.18 bits per heavy atom. The normalized spacial score (nSPS) is 33.1. The summed E-state index contributed by atoms with van der Waals surface area (Å²) in [5.74, 6) is 0.986. The van der Waals surface area contributed by atoms with Crippen LogP contribution in [0, 0.1) is 5.41 Å². The SMILES string of the molecule is CCN=C(NC1CC(OCC)C12CCC2)N1CC[C@@H](O)C1.I. The molecular weight excluding hydrogens is 393 g/mol. The monoisotopic (exact) mass is 423 g/mol. The zero-order chi connectivity index (χ0) is 14.9. The van der Waals surface area contributed by atoms with Crippen molar-refractivity contribution in [3.63, 3.8) is 0 Å². The van der Waals surface area contributed by atoms with Crippen molar-refractivity contribution in [1.29, 1.82) is 0 Å². The molecule has 2 N–H and O–H groups in total. The number of aliphatic imine (C=N–C) groups is 1. The van der Waals surface area contributed by atoms with Gasteiger partial charge in [-0.2, -0.15) is 0 Å². The van der Waals surface area contributed by atoms with E-state index in [9.17, 15) is 5.11 Å². The summed E-state index contributed by atoms with van der Waals surface area (Å²) in [4.78, 5) is 6.84. The summed E-state index contributed by atoms with van der Waals surface area (Å²) >= 11 is 0. The minimum absolute atomic E-state index is 0. The van der Waals surface area contributed by atoms with Gasteiger partial charge in [0.15, 0.2) is 5.96 Å². The van der Waals surface area contributed by atoms with E-state index in [1.54, 1.807) is 0 Å². The Balaban J connectivity index is 0.00000176. The van der Waals surface area contributed by atoms with Crippen molar-refractivity contribution < 1.29 is 9.84 Å². The van der Waals surface area contributed by atoms with Crippen LogP contribution in [-0.2, 0) is 4.74 Å². The van der Waals surface area contributed by atoms with E-state index in [-0.39, 0.29) is 30.1 Å². The number of hydrogen-bond acceptors (Lipinski definition) is 3. The lowest BCUT2D eigenvalue weighted by Gasteiger charge is -2.61. The van der Waals surface area contributed by atoms with E-state index >= 15 is 0 Å². The fourth-order valence-corrected chi connectivity index (χ4v) is 4.12. The molecule has 0 bridgehead atoms. The molecule has 3 aliphatic rings. The zero-order valence-corrected chi connectivity index (χ0v) is 16.1. The molecule has 2 aliphatic carbocycles. The molecule has 2 unspecified atom stereocenters. The van der Waals surface area contributed by atoms with E-state index in [0.717, 1.165) is 38.5 Å². The molecule has 6 heteroatoms. The number of rotatable bonds is 4. The molecule has 0 aromatic heterocycles. The Bertz CT molecular complexity index is 401. The Hall–Kier alpha value is -0.0800. The lowest BCUT2D eigenvalue weighted by Crippen LogP contribution is -2.68. The molecule has 3 fully saturated rings. The lowest BCUT2D eigenvalue weighted by molar-refractivity contribution is -0.168. The van der Waals surface area contributed by atoms with Crippen LogP contribution in [0.2, 0.25) is 0 Å². The van der Waals surface area contributed by atoms with E-state index < -0.39 is 0 Å². The van der Waals surface area contributed by atoms with Gasteiger partial charge >= 0.3 is 0 Å². The van der Waals surface area contributed by atoms with Gasteiger partial charge in [0.2, 0.25) is 0 Å². The summed E-state index contributed by atoms with van der Waals surface area (Å²) in [7, 11) is 0. The predicted molar refractivity (Wildman–Crippen MR) is 98.8 cm³/mol. The standard InChI is InChI=1S/C16H29N3O2.HI/c1-3-17-15(19-9-6-12(20)11-19)18-13-10-14(21-4-2)16(13)7-5-8-16;/h12-14,20H,3-11H2,1-2H3,(H,17,18);1H/t12-,13?,14?;/m1./s1. The van der Waals surface area contributed by atoms with Crippen molar-refractivity contribution in [1.82, 2.24) is 10.2 Å². The third-order valence-electron chi connectivity index (χ3n) is 5.51. The van der Waals surface area contributed by atoms with E-state index in [1.807, 2.05) is 0 Å². The highest BCUT2D eigenvalue weighted by Gasteiger charge is 2.59. The number of nitrogens with one attached hydrogen (secondary N) is 1. The molecule has 1 aliphatic heterocycles. The van der Waals surface area contributed by atoms with Crippen molar-refractivity contribution in [2.24, 2.45) is 10.4 Å². The Morgan fingerprint density at radius 3 is 2.68 bits per heavy atom. The number of β-amino-alcohol motifs (C(OH)–C–C–N with tert-alkyl or cyclic N) is 1. The Morgan fingerprint density at radius 1 is 1.41 bits per heavy atom. The number of hydrogen-bond donors (Lipinski definition) is 2. The summed E-state index contributed by atoms with van der Waals surface area (Å²) < 4.78 is 5.92. The molecule has 0 amide bonds. The molecule has 0 aromatic carbocycles. The summed E-state index contributed by atoms with van der Waals surface area (Å²) in [6.45, 7) is 7.36. The maximum Gasteiger partial charge on any atom is 0.194 e. The topological polar surface area (TPSA) is 57.1 Å². The maximum atomic E-state index is 9.75. The molecule has 1 spiro atoms. The van der Waals surface area contributed by atoms with Crippen LogP contribution in [0.1, 0.15) is 46.0 Å². The minimum atomic E-state index is -0.205. The quantitative estimate of drug-likeness (QED) is 0.413. The largest absolute Gasteiger partial charge is 0.391 e. The van der Waals surface area contributed by atoms with Crippen LogP contribution in [0.4, 0.5) is 0 Å². The summed E-state index contributed by atoms with van der Waals surface area (Å²) in [6, 6.07) is 0.492. The fraction of sp³-hybridized carbons (Fsp3) is 0.938. The molecule has 5 nitrogen and oxygen atoms in total. The number of aliphatic hydroxyl groups excluding tert-OH is 1. The molecule has 0 aromatic rings. The predicted octanol–water partition coefficient (Wildman–Crippen LogP) is 1.98. The van der Waals surface area contributed by atoms with E-state index in [4.69, 9.17) is 4.74 Å². The van der Waals surface area contributed by atoms with Crippen molar-refractivity contribution in [2.75, 3.05) is 26.2 Å². The number of halogens is 1. The van der Waals surface area contributed by atoms with Crippen LogP contribution in [0.15, 0.2) is 4.99 Å². The van der Waals surface area contributed by atoms with Gasteiger partial charge in [-0.05, 0) is 39.5 Å². The van der Waals surface area contributed by atoms with Gasteiger partial charge < -0.3 is 20.1 Å². The van der Waals surface area contributed by atoms with Gasteiger partial charge in [0.05, 0.1) is 12.2 Å². The third-order valence-corrected chi connectivity index (χ3v) is 5.51. The van der Waals surface area contributed by atoms with Crippen LogP contribution in [-0.4, -0.2) is 60.5 Å². The van der Waals surface area contributed by atoms with Crippen LogP contribution < -0.4 is 5.32 Å². The second-order valence-electron chi connectivity index (χ2n) is 6.65. The number of nitrogens with zero attached hydrogens (tertiary/aromatic N) is 2. The van der Waals surface area contributed by atoms with E-state index in [0.29, 0.717) is 24.1 Å². The van der Waals surface area contributed by atoms with Gasteiger partial charge in [-0.15, -0.1) is 24.0 Å². The maximum absolute atomic E-state index is 9.75. The molecule has 1 heterocycles. The van der Waals surface area contributed by atoms with Crippen LogP contribution in [0.3, 0.4) is 0 Å². The smallest absolute Gasteiger partial charge is 0.194 e. The van der Waals surface area contributed by atoms with Crippen molar-refractivity contribution in [3.8, 4) is 0 Å². The van der Waals surface area contributed by atoms with Crippen molar-refractivity contribution >= 4 is 29.9 Å². The number of aliphatic hydroxyl groups is 1. The van der Waals surface area contributed by atoms with Crippen LogP contribution in [0.25, 0.3) is 0 Å². The first kappa shape index (κ1) is 18.3. The summed E-state index contributed by atoms with van der Waals surface area (Å²) in [5.41, 5.74) is 0.350.